The molecule has 0 saturated carbocycles. The number of halogens is 3. The smallest absolute Gasteiger partial charge is 0.360 e. The van der Waals surface area contributed by atoms with Gasteiger partial charge in [-0.3, -0.25) is 0 Å². The van der Waals surface area contributed by atoms with E-state index in [2.05, 4.69) is 21.9 Å². The van der Waals surface area contributed by atoms with E-state index in [4.69, 9.17) is 0 Å². The van der Waals surface area contributed by atoms with Gasteiger partial charge in [0.2, 0.25) is 5.82 Å². The molecule has 6 heteroatoms. The van der Waals surface area contributed by atoms with Gasteiger partial charge in [0, 0.05) is 0 Å². The molecule has 0 aliphatic heterocycles. The van der Waals surface area contributed by atoms with Gasteiger partial charge in [-0.2, -0.15) is 13.2 Å². The lowest BCUT2D eigenvalue weighted by atomic mass is 10.5. The molecule has 0 saturated heterocycles. The molecule has 1 rings (SSSR count). The number of nitrogens with one attached hydrogen (secondary N) is 1. The van der Waals surface area contributed by atoms with Gasteiger partial charge in [-0.15, -0.1) is 0 Å². The maximum Gasteiger partial charge on any atom is 0.451 e. The largest absolute Gasteiger partial charge is 0.451 e. The van der Waals surface area contributed by atoms with Crippen molar-refractivity contribution in [1.29, 1.82) is 0 Å². The topological polar surface area (TPSA) is 37.8 Å². The van der Waals surface area contributed by atoms with Crippen LogP contribution in [0.2, 0.25) is 0 Å². The molecule has 1 N–H and O–H groups in total. The third-order valence-electron chi connectivity index (χ3n) is 1.17. The summed E-state index contributed by atoms with van der Waals surface area (Å²) in [7, 11) is 0. The molecule has 0 bridgehead atoms. The van der Waals surface area contributed by atoms with Crippen LogP contribution in [0, 0.1) is 0 Å². The van der Waals surface area contributed by atoms with Crippen LogP contribution in [0.25, 0.3) is 0 Å². The fourth-order valence-corrected chi connectivity index (χ4v) is 0.667. The van der Waals surface area contributed by atoms with Gasteiger partial charge in [-0.25, -0.2) is 9.97 Å². The molecule has 0 amide bonds. The zero-order chi connectivity index (χ0) is 9.90. The highest BCUT2D eigenvalue weighted by Crippen LogP contribution is 2.25. The molecule has 1 heterocycles. The van der Waals surface area contributed by atoms with Crippen molar-refractivity contribution in [1.82, 2.24) is 9.97 Å². The van der Waals surface area contributed by atoms with Gasteiger partial charge in [-0.1, -0.05) is 6.58 Å². The summed E-state index contributed by atoms with van der Waals surface area (Å²) in [5, 5.41) is 2.56. The van der Waals surface area contributed by atoms with Crippen LogP contribution in [0.1, 0.15) is 5.82 Å². The summed E-state index contributed by atoms with van der Waals surface area (Å²) in [5.74, 6) is -1.15. The lowest BCUT2D eigenvalue weighted by molar-refractivity contribution is -0.144. The van der Waals surface area contributed by atoms with Crippen LogP contribution in [-0.2, 0) is 6.18 Å². The van der Waals surface area contributed by atoms with Crippen molar-refractivity contribution < 1.29 is 13.2 Å². The van der Waals surface area contributed by atoms with E-state index in [0.29, 0.717) is 5.69 Å². The predicted octanol–water partition coefficient (Wildman–Crippen LogP) is 2.05. The SMILES string of the molecule is C=CNc1cnc(C(F)(F)F)nc1. The van der Waals surface area contributed by atoms with Crippen LogP contribution in [0.5, 0.6) is 0 Å². The molecule has 0 atom stereocenters. The number of hydrogen-bond acceptors (Lipinski definition) is 3. The van der Waals surface area contributed by atoms with E-state index in [0.717, 1.165) is 12.4 Å². The molecule has 3 nitrogen and oxygen atoms in total. The van der Waals surface area contributed by atoms with Gasteiger partial charge < -0.3 is 5.32 Å². The van der Waals surface area contributed by atoms with E-state index in [-0.39, 0.29) is 0 Å². The minimum absolute atomic E-state index is 0.364. The van der Waals surface area contributed by atoms with Crippen molar-refractivity contribution in [2.45, 2.75) is 6.18 Å². The Morgan fingerprint density at radius 2 is 1.85 bits per heavy atom. The van der Waals surface area contributed by atoms with E-state index in [9.17, 15) is 13.2 Å². The van der Waals surface area contributed by atoms with Crippen LogP contribution >= 0.6 is 0 Å². The van der Waals surface area contributed by atoms with E-state index in [1.807, 2.05) is 0 Å². The standard InChI is InChI=1S/C7H6F3N3/c1-2-11-5-3-12-6(13-4-5)7(8,9)10/h2-4,11H,1H2. The summed E-state index contributed by atoms with van der Waals surface area (Å²) in [6.45, 7) is 3.34. The number of hydrogen-bond donors (Lipinski definition) is 1. The normalized spacial score (nSPS) is 11.0. The zero-order valence-electron chi connectivity index (χ0n) is 6.47. The first-order valence-electron chi connectivity index (χ1n) is 3.30. The van der Waals surface area contributed by atoms with E-state index in [1.165, 1.54) is 6.20 Å². The van der Waals surface area contributed by atoms with Crippen LogP contribution in [-0.4, -0.2) is 9.97 Å². The van der Waals surface area contributed by atoms with E-state index in [1.54, 1.807) is 0 Å². The maximum absolute atomic E-state index is 11.9. The molecule has 1 aromatic rings. The summed E-state index contributed by atoms with van der Waals surface area (Å²) in [5.41, 5.74) is 0.364. The van der Waals surface area contributed by atoms with Crippen molar-refractivity contribution in [3.63, 3.8) is 0 Å². The van der Waals surface area contributed by atoms with Crippen LogP contribution in [0.15, 0.2) is 25.2 Å². The fourth-order valence-electron chi connectivity index (χ4n) is 0.667. The second-order valence-corrected chi connectivity index (χ2v) is 2.14. The molecule has 70 valence electrons. The highest BCUT2D eigenvalue weighted by molar-refractivity contribution is 5.40. The number of nitrogens with zero attached hydrogens (tertiary/aromatic N) is 2. The minimum Gasteiger partial charge on any atom is -0.360 e. The number of aromatic nitrogens is 2. The van der Waals surface area contributed by atoms with Gasteiger partial charge in [0.05, 0.1) is 18.1 Å². The van der Waals surface area contributed by atoms with Gasteiger partial charge in [0.1, 0.15) is 0 Å². The first-order valence-corrected chi connectivity index (χ1v) is 3.30. The second kappa shape index (κ2) is 3.42. The van der Waals surface area contributed by atoms with E-state index >= 15 is 0 Å². The molecule has 1 aromatic heterocycles. The van der Waals surface area contributed by atoms with Crippen molar-refractivity contribution in [3.05, 3.63) is 31.0 Å². The molecule has 0 aliphatic carbocycles. The average Bonchev–Trinajstić information content (AvgIpc) is 2.04. The zero-order valence-corrected chi connectivity index (χ0v) is 6.47. The quantitative estimate of drug-likeness (QED) is 0.773. The van der Waals surface area contributed by atoms with Crippen LogP contribution in [0.3, 0.4) is 0 Å². The van der Waals surface area contributed by atoms with Crippen molar-refractivity contribution in [3.8, 4) is 0 Å². The Morgan fingerprint density at radius 3 is 2.23 bits per heavy atom. The summed E-state index contributed by atoms with van der Waals surface area (Å²) >= 11 is 0. The van der Waals surface area contributed by atoms with Gasteiger partial charge in [0.25, 0.3) is 0 Å². The molecule has 0 aliphatic rings. The lowest BCUT2D eigenvalue weighted by Crippen LogP contribution is -2.10. The Kier molecular flexibility index (Phi) is 2.50. The summed E-state index contributed by atoms with van der Waals surface area (Å²) in [6, 6.07) is 0. The molecule has 0 aromatic carbocycles. The molecular formula is C7H6F3N3. The monoisotopic (exact) mass is 189 g/mol. The summed E-state index contributed by atoms with van der Waals surface area (Å²) < 4.78 is 35.8. The lowest BCUT2D eigenvalue weighted by Gasteiger charge is -2.04. The second-order valence-electron chi connectivity index (χ2n) is 2.14. The van der Waals surface area contributed by atoms with Gasteiger partial charge in [-0.05, 0) is 6.20 Å². The Morgan fingerprint density at radius 1 is 1.31 bits per heavy atom. The third-order valence-corrected chi connectivity index (χ3v) is 1.17. The molecule has 0 radical (unpaired) electrons. The van der Waals surface area contributed by atoms with Crippen LogP contribution < -0.4 is 5.32 Å². The minimum atomic E-state index is -4.49. The Labute approximate surface area is 72.3 Å². The summed E-state index contributed by atoms with van der Waals surface area (Å²) in [4.78, 5) is 6.24. The van der Waals surface area contributed by atoms with Gasteiger partial charge >= 0.3 is 6.18 Å². The predicted molar refractivity (Wildman–Crippen MR) is 40.9 cm³/mol. The Bertz CT molecular complexity index is 291. The highest BCUT2D eigenvalue weighted by atomic mass is 19.4. The molecule has 13 heavy (non-hydrogen) atoms. The highest BCUT2D eigenvalue weighted by Gasteiger charge is 2.34. The van der Waals surface area contributed by atoms with E-state index < -0.39 is 12.0 Å². The molecular weight excluding hydrogens is 183 g/mol. The maximum atomic E-state index is 11.9. The number of rotatable bonds is 2. The Balaban J connectivity index is 2.87. The fraction of sp³-hybridized carbons (Fsp3) is 0.143. The molecule has 0 spiro atoms. The number of alkyl halides is 3. The first-order chi connectivity index (χ1) is 6.04. The average molecular weight is 189 g/mol. The van der Waals surface area contributed by atoms with Crippen molar-refractivity contribution in [2.75, 3.05) is 5.32 Å². The summed E-state index contributed by atoms with van der Waals surface area (Å²) in [6.07, 6.45) is -1.09. The van der Waals surface area contributed by atoms with Crippen LogP contribution in [0.4, 0.5) is 18.9 Å². The Hall–Kier alpha value is -1.59. The number of anilines is 1. The molecule has 0 unspecified atom stereocenters. The third kappa shape index (κ3) is 2.43. The van der Waals surface area contributed by atoms with Crippen molar-refractivity contribution >= 4 is 5.69 Å². The van der Waals surface area contributed by atoms with Crippen molar-refractivity contribution in [2.24, 2.45) is 0 Å². The first kappa shape index (κ1) is 9.50. The molecule has 0 fully saturated rings. The van der Waals surface area contributed by atoms with Gasteiger partial charge in [0.15, 0.2) is 0 Å².